The SMILES string of the molecule is CC(C)(C)OC(=O)N1CCCC1.COc1ncc(N2CCc3nc[nH]c(=O)c3C2)cc1Cl. The number of rotatable bonds is 2. The Morgan fingerprint density at radius 3 is 2.53 bits per heavy atom. The van der Waals surface area contributed by atoms with Gasteiger partial charge in [0.25, 0.3) is 5.56 Å². The van der Waals surface area contributed by atoms with Crippen LogP contribution in [0, 0.1) is 0 Å². The zero-order valence-corrected chi connectivity index (χ0v) is 19.7. The van der Waals surface area contributed by atoms with Crippen molar-refractivity contribution >= 4 is 23.4 Å². The molecule has 0 spiro atoms. The molecule has 0 bridgehead atoms. The highest BCUT2D eigenvalue weighted by Gasteiger charge is 2.24. The number of carbonyl (C=O) groups is 1. The average Bonchev–Trinajstić information content (AvgIpc) is 3.28. The van der Waals surface area contributed by atoms with Gasteiger partial charge in [-0.25, -0.2) is 14.8 Å². The van der Waals surface area contributed by atoms with Gasteiger partial charge in [-0.2, -0.15) is 0 Å². The molecular weight excluding hydrogens is 434 g/mol. The largest absolute Gasteiger partial charge is 0.480 e. The number of halogens is 1. The first-order valence-corrected chi connectivity index (χ1v) is 11.0. The van der Waals surface area contributed by atoms with Crippen LogP contribution in [0.3, 0.4) is 0 Å². The van der Waals surface area contributed by atoms with Gasteiger partial charge in [-0.15, -0.1) is 0 Å². The van der Waals surface area contributed by atoms with Crippen LogP contribution in [0.5, 0.6) is 5.88 Å². The van der Waals surface area contributed by atoms with Crippen LogP contribution < -0.4 is 15.2 Å². The number of hydrogen-bond acceptors (Lipinski definition) is 7. The van der Waals surface area contributed by atoms with Crippen LogP contribution in [0.2, 0.25) is 5.02 Å². The highest BCUT2D eigenvalue weighted by Crippen LogP contribution is 2.28. The molecule has 32 heavy (non-hydrogen) atoms. The monoisotopic (exact) mass is 463 g/mol. The number of nitrogens with zero attached hydrogens (tertiary/aromatic N) is 4. The quantitative estimate of drug-likeness (QED) is 0.728. The minimum Gasteiger partial charge on any atom is -0.480 e. The first-order chi connectivity index (χ1) is 15.2. The van der Waals surface area contributed by atoms with Crippen LogP contribution in [0.1, 0.15) is 44.9 Å². The molecule has 2 aromatic rings. The Morgan fingerprint density at radius 2 is 1.91 bits per heavy atom. The molecule has 0 saturated carbocycles. The molecular formula is C22H30ClN5O4. The topological polar surface area (TPSA) is 101 Å². The Hall–Kier alpha value is -2.81. The van der Waals surface area contributed by atoms with E-state index in [0.29, 0.717) is 23.0 Å². The molecule has 2 aliphatic rings. The summed E-state index contributed by atoms with van der Waals surface area (Å²) < 4.78 is 10.2. The van der Waals surface area contributed by atoms with Gasteiger partial charge in [0.1, 0.15) is 10.6 Å². The predicted octanol–water partition coefficient (Wildman–Crippen LogP) is 3.41. The summed E-state index contributed by atoms with van der Waals surface area (Å²) in [6.07, 6.45) is 5.92. The molecule has 0 atom stereocenters. The predicted molar refractivity (Wildman–Crippen MR) is 122 cm³/mol. The van der Waals surface area contributed by atoms with Gasteiger partial charge in [-0.1, -0.05) is 11.6 Å². The van der Waals surface area contributed by atoms with E-state index in [9.17, 15) is 9.59 Å². The van der Waals surface area contributed by atoms with E-state index in [2.05, 4.69) is 19.9 Å². The molecule has 1 amide bonds. The number of carbonyl (C=O) groups excluding carboxylic acids is 1. The Kier molecular flexibility index (Phi) is 7.60. The Labute approximate surface area is 192 Å². The molecule has 1 saturated heterocycles. The first kappa shape index (κ1) is 23.8. The second-order valence-corrected chi connectivity index (χ2v) is 9.09. The summed E-state index contributed by atoms with van der Waals surface area (Å²) in [5.74, 6) is 0.396. The molecule has 9 nitrogen and oxygen atoms in total. The number of anilines is 1. The summed E-state index contributed by atoms with van der Waals surface area (Å²) in [7, 11) is 1.52. The number of pyridine rings is 1. The average molecular weight is 464 g/mol. The Bertz CT molecular complexity index is 999. The van der Waals surface area contributed by atoms with Crippen molar-refractivity contribution in [3.05, 3.63) is 45.2 Å². The maximum absolute atomic E-state index is 11.8. The fraction of sp³-hybridized carbons (Fsp3) is 0.545. The number of amides is 1. The number of ether oxygens (including phenoxy) is 2. The Balaban J connectivity index is 0.000000207. The summed E-state index contributed by atoms with van der Waals surface area (Å²) in [5, 5.41) is 0.455. The van der Waals surface area contributed by atoms with Gasteiger partial charge in [0.2, 0.25) is 5.88 Å². The fourth-order valence-electron chi connectivity index (χ4n) is 3.54. The number of likely N-dealkylation sites (tertiary alicyclic amines) is 1. The van der Waals surface area contributed by atoms with E-state index in [-0.39, 0.29) is 17.3 Å². The summed E-state index contributed by atoms with van der Waals surface area (Å²) in [6.45, 7) is 8.66. The maximum Gasteiger partial charge on any atom is 0.410 e. The number of nitrogens with one attached hydrogen (secondary N) is 1. The van der Waals surface area contributed by atoms with E-state index in [1.54, 1.807) is 17.2 Å². The van der Waals surface area contributed by atoms with Gasteiger partial charge in [-0.05, 0) is 39.7 Å². The van der Waals surface area contributed by atoms with E-state index in [0.717, 1.165) is 50.3 Å². The van der Waals surface area contributed by atoms with E-state index in [1.807, 2.05) is 20.8 Å². The minimum absolute atomic E-state index is 0.0905. The molecule has 0 aromatic carbocycles. The van der Waals surface area contributed by atoms with Crippen LogP contribution >= 0.6 is 11.6 Å². The highest BCUT2D eigenvalue weighted by atomic mass is 35.5. The number of fused-ring (bicyclic) bond motifs is 1. The molecule has 10 heteroatoms. The molecule has 174 valence electrons. The van der Waals surface area contributed by atoms with Crippen LogP contribution in [-0.4, -0.2) is 58.3 Å². The maximum atomic E-state index is 11.8. The summed E-state index contributed by atoms with van der Waals surface area (Å²) in [6, 6.07) is 1.79. The number of H-pyrrole nitrogens is 1. The van der Waals surface area contributed by atoms with Crippen LogP contribution in [-0.2, 0) is 17.7 Å². The van der Waals surface area contributed by atoms with Crippen LogP contribution in [0.15, 0.2) is 23.4 Å². The standard InChI is InChI=1S/C13H13ClN4O2.C9H17NO2/c1-20-13-10(14)4-8(5-15-13)18-3-2-11-9(6-18)12(19)17-7-16-11;1-9(2,3)12-8(11)10-6-4-5-7-10/h4-5,7H,2-3,6H2,1H3,(H,16,17,19);4-7H2,1-3H3. The van der Waals surface area contributed by atoms with E-state index in [4.69, 9.17) is 21.1 Å². The number of methoxy groups -OCH3 is 1. The fourth-order valence-corrected chi connectivity index (χ4v) is 3.78. The van der Waals surface area contributed by atoms with E-state index >= 15 is 0 Å². The summed E-state index contributed by atoms with van der Waals surface area (Å²) in [5.41, 5.74) is 1.97. The van der Waals surface area contributed by atoms with Crippen molar-refractivity contribution in [2.24, 2.45) is 0 Å². The third-order valence-electron chi connectivity index (χ3n) is 5.12. The number of aromatic amines is 1. The van der Waals surface area contributed by atoms with E-state index < -0.39 is 0 Å². The third-order valence-corrected chi connectivity index (χ3v) is 5.39. The second-order valence-electron chi connectivity index (χ2n) is 8.69. The lowest BCUT2D eigenvalue weighted by atomic mass is 10.1. The van der Waals surface area contributed by atoms with Gasteiger partial charge in [0.15, 0.2) is 0 Å². The lowest BCUT2D eigenvalue weighted by molar-refractivity contribution is 0.0295. The van der Waals surface area contributed by atoms with Crippen molar-refractivity contribution in [2.75, 3.05) is 31.6 Å². The minimum atomic E-state index is -0.361. The highest BCUT2D eigenvalue weighted by molar-refractivity contribution is 6.32. The van der Waals surface area contributed by atoms with Crippen molar-refractivity contribution in [3.63, 3.8) is 0 Å². The molecule has 1 fully saturated rings. The lowest BCUT2D eigenvalue weighted by Crippen LogP contribution is -2.35. The van der Waals surface area contributed by atoms with Crippen LogP contribution in [0.25, 0.3) is 0 Å². The molecule has 0 unspecified atom stereocenters. The molecule has 1 N–H and O–H groups in total. The zero-order chi connectivity index (χ0) is 23.3. The van der Waals surface area contributed by atoms with E-state index in [1.165, 1.54) is 13.4 Å². The Morgan fingerprint density at radius 1 is 1.19 bits per heavy atom. The van der Waals surface area contributed by atoms with Crippen molar-refractivity contribution < 1.29 is 14.3 Å². The second kappa shape index (κ2) is 10.2. The molecule has 2 aliphatic heterocycles. The molecule has 4 rings (SSSR count). The molecule has 2 aromatic heterocycles. The summed E-state index contributed by atoms with van der Waals surface area (Å²) >= 11 is 6.09. The van der Waals surface area contributed by atoms with Crippen molar-refractivity contribution in [2.45, 2.75) is 52.2 Å². The van der Waals surface area contributed by atoms with Gasteiger partial charge >= 0.3 is 6.09 Å². The van der Waals surface area contributed by atoms with Gasteiger partial charge in [-0.3, -0.25) is 4.79 Å². The van der Waals surface area contributed by atoms with Crippen molar-refractivity contribution in [1.82, 2.24) is 19.9 Å². The smallest absolute Gasteiger partial charge is 0.410 e. The van der Waals surface area contributed by atoms with Gasteiger partial charge < -0.3 is 24.3 Å². The first-order valence-electron chi connectivity index (χ1n) is 10.7. The molecule has 4 heterocycles. The zero-order valence-electron chi connectivity index (χ0n) is 19.0. The molecule has 0 radical (unpaired) electrons. The third kappa shape index (κ3) is 6.12. The van der Waals surface area contributed by atoms with Crippen molar-refractivity contribution in [3.8, 4) is 5.88 Å². The van der Waals surface area contributed by atoms with Gasteiger partial charge in [0.05, 0.1) is 43.1 Å². The lowest BCUT2D eigenvalue weighted by Gasteiger charge is -2.29. The normalized spacial score (nSPS) is 15.5. The van der Waals surface area contributed by atoms with Crippen molar-refractivity contribution in [1.29, 1.82) is 0 Å². The van der Waals surface area contributed by atoms with Crippen LogP contribution in [0.4, 0.5) is 10.5 Å². The molecule has 0 aliphatic carbocycles. The summed E-state index contributed by atoms with van der Waals surface area (Å²) in [4.78, 5) is 38.0. The number of hydrogen-bond donors (Lipinski definition) is 1. The number of aromatic nitrogens is 3. The van der Waals surface area contributed by atoms with Gasteiger partial charge in [0, 0.05) is 26.1 Å².